The van der Waals surface area contributed by atoms with Crippen LogP contribution in [0.5, 0.6) is 0 Å². The Morgan fingerprint density at radius 1 is 0.903 bits per heavy atom. The smallest absolute Gasteiger partial charge is 0.304 e. The lowest BCUT2D eigenvalue weighted by atomic mass is 10.0. The number of thiophene rings is 1. The van der Waals surface area contributed by atoms with E-state index in [0.717, 1.165) is 17.7 Å². The first-order valence-corrected chi connectivity index (χ1v) is 10.4. The van der Waals surface area contributed by atoms with Crippen LogP contribution in [0.1, 0.15) is 24.0 Å². The van der Waals surface area contributed by atoms with Gasteiger partial charge in [-0.1, -0.05) is 24.3 Å². The molecule has 1 aromatic heterocycles. The van der Waals surface area contributed by atoms with Gasteiger partial charge in [0.2, 0.25) is 0 Å². The Morgan fingerprint density at radius 2 is 1.52 bits per heavy atom. The van der Waals surface area contributed by atoms with Crippen molar-refractivity contribution in [1.29, 1.82) is 0 Å². The summed E-state index contributed by atoms with van der Waals surface area (Å²) in [5.41, 5.74) is 12.9. The van der Waals surface area contributed by atoms with Crippen molar-refractivity contribution in [3.05, 3.63) is 70.6 Å². The van der Waals surface area contributed by atoms with E-state index >= 15 is 0 Å². The van der Waals surface area contributed by atoms with Gasteiger partial charge in [-0.05, 0) is 52.9 Å². The fourth-order valence-electron chi connectivity index (χ4n) is 3.04. The van der Waals surface area contributed by atoms with Crippen molar-refractivity contribution in [3.8, 4) is 0 Å². The van der Waals surface area contributed by atoms with E-state index in [9.17, 15) is 18.4 Å². The zero-order valence-electron chi connectivity index (χ0n) is 16.6. The first kappa shape index (κ1) is 24.4. The molecule has 2 aromatic carbocycles. The second-order valence-electron chi connectivity index (χ2n) is 7.13. The predicted molar refractivity (Wildman–Crippen MR) is 116 cm³/mol. The van der Waals surface area contributed by atoms with E-state index in [4.69, 9.17) is 21.7 Å². The van der Waals surface area contributed by atoms with Crippen LogP contribution < -0.4 is 11.5 Å². The number of rotatable bonds is 8. The van der Waals surface area contributed by atoms with Gasteiger partial charge in [0, 0.05) is 16.8 Å². The van der Waals surface area contributed by atoms with Crippen LogP contribution in [-0.2, 0) is 22.4 Å². The number of aliphatic carboxylic acids is 2. The van der Waals surface area contributed by atoms with Crippen LogP contribution >= 0.6 is 11.3 Å². The largest absolute Gasteiger partial charge is 0.481 e. The highest BCUT2D eigenvalue weighted by molar-refractivity contribution is 7.17. The Morgan fingerprint density at radius 3 is 2.13 bits per heavy atom. The monoisotopic (exact) mass is 450 g/mol. The quantitative estimate of drug-likeness (QED) is 0.416. The molecule has 1 heterocycles. The molecule has 3 aromatic rings. The number of carboxylic acids is 2. The zero-order valence-corrected chi connectivity index (χ0v) is 17.4. The molecule has 0 spiro atoms. The molecule has 0 saturated heterocycles. The minimum Gasteiger partial charge on any atom is -0.481 e. The molecular weight excluding hydrogens is 426 g/mol. The SMILES string of the molecule is N[C@H](CC(=O)O)Cc1ccc(F)c(F)c1.N[C@H](CC(=O)O)Cc1csc2ccccc12. The standard InChI is InChI=1S/C12H13NO2S.C10H11F2NO2/c13-9(6-12(14)15)5-8-7-16-11-4-2-1-3-10(8)11;11-8-2-1-6(4-9(8)12)3-7(13)5-10(14)15/h1-4,7,9H,5-6,13H2,(H,14,15);1-2,4,7H,3,5,13H2,(H,14,15)/t9-;7-/m00/s1. The summed E-state index contributed by atoms with van der Waals surface area (Å²) in [4.78, 5) is 20.8. The van der Waals surface area contributed by atoms with Gasteiger partial charge in [-0.25, -0.2) is 8.78 Å². The van der Waals surface area contributed by atoms with Gasteiger partial charge in [0.1, 0.15) is 0 Å². The molecule has 2 atom stereocenters. The lowest BCUT2D eigenvalue weighted by Gasteiger charge is -2.08. The molecule has 31 heavy (non-hydrogen) atoms. The Labute approximate surface area is 182 Å². The topological polar surface area (TPSA) is 127 Å². The Balaban J connectivity index is 0.000000221. The molecule has 0 amide bonds. The molecule has 0 bridgehead atoms. The molecule has 9 heteroatoms. The number of fused-ring (bicyclic) bond motifs is 1. The summed E-state index contributed by atoms with van der Waals surface area (Å²) in [6.45, 7) is 0. The lowest BCUT2D eigenvalue weighted by molar-refractivity contribution is -0.138. The van der Waals surface area contributed by atoms with E-state index in [2.05, 4.69) is 17.5 Å². The normalized spacial score (nSPS) is 12.6. The van der Waals surface area contributed by atoms with E-state index in [-0.39, 0.29) is 25.3 Å². The Hall–Kier alpha value is -2.88. The maximum Gasteiger partial charge on any atom is 0.304 e. The van der Waals surface area contributed by atoms with Crippen molar-refractivity contribution >= 4 is 33.4 Å². The second kappa shape index (κ2) is 11.5. The Kier molecular flexibility index (Phi) is 9.04. The van der Waals surface area contributed by atoms with E-state index in [1.807, 2.05) is 12.1 Å². The van der Waals surface area contributed by atoms with Crippen LogP contribution in [0.4, 0.5) is 8.78 Å². The number of halogens is 2. The maximum atomic E-state index is 12.8. The van der Waals surface area contributed by atoms with Gasteiger partial charge in [0.25, 0.3) is 0 Å². The van der Waals surface area contributed by atoms with Gasteiger partial charge < -0.3 is 21.7 Å². The van der Waals surface area contributed by atoms with Crippen LogP contribution in [0.3, 0.4) is 0 Å². The van der Waals surface area contributed by atoms with Gasteiger partial charge >= 0.3 is 11.9 Å². The maximum absolute atomic E-state index is 12.8. The van der Waals surface area contributed by atoms with Crippen molar-refractivity contribution in [1.82, 2.24) is 0 Å². The van der Waals surface area contributed by atoms with Gasteiger partial charge in [-0.2, -0.15) is 0 Å². The molecule has 6 N–H and O–H groups in total. The van der Waals surface area contributed by atoms with Crippen LogP contribution in [0, 0.1) is 11.6 Å². The van der Waals surface area contributed by atoms with E-state index in [1.54, 1.807) is 11.3 Å². The first-order valence-electron chi connectivity index (χ1n) is 9.49. The van der Waals surface area contributed by atoms with Gasteiger partial charge in [-0.3, -0.25) is 9.59 Å². The molecule has 0 fully saturated rings. The van der Waals surface area contributed by atoms with Crippen molar-refractivity contribution in [2.75, 3.05) is 0 Å². The van der Waals surface area contributed by atoms with Crippen LogP contribution in [-0.4, -0.2) is 34.2 Å². The van der Waals surface area contributed by atoms with Gasteiger partial charge in [0.15, 0.2) is 11.6 Å². The minimum atomic E-state index is -1.01. The van der Waals surface area contributed by atoms with Crippen molar-refractivity contribution in [3.63, 3.8) is 0 Å². The van der Waals surface area contributed by atoms with Gasteiger partial charge in [-0.15, -0.1) is 11.3 Å². The van der Waals surface area contributed by atoms with Crippen molar-refractivity contribution in [2.45, 2.75) is 37.8 Å². The van der Waals surface area contributed by atoms with Crippen LogP contribution in [0.2, 0.25) is 0 Å². The van der Waals surface area contributed by atoms with Crippen molar-refractivity contribution < 1.29 is 28.6 Å². The fraction of sp³-hybridized carbons (Fsp3) is 0.273. The summed E-state index contributed by atoms with van der Waals surface area (Å²) in [6.07, 6.45) is 0.656. The number of benzene rings is 2. The van der Waals surface area contributed by atoms with Crippen molar-refractivity contribution in [2.24, 2.45) is 11.5 Å². The lowest BCUT2D eigenvalue weighted by Crippen LogP contribution is -2.26. The number of carboxylic acid groups (broad SMARTS) is 2. The average Bonchev–Trinajstić information content (AvgIpc) is 3.07. The highest BCUT2D eigenvalue weighted by atomic mass is 32.1. The van der Waals surface area contributed by atoms with Crippen LogP contribution in [0.15, 0.2) is 47.8 Å². The number of hydrogen-bond donors (Lipinski definition) is 4. The third-order valence-corrected chi connectivity index (χ3v) is 5.41. The highest BCUT2D eigenvalue weighted by Crippen LogP contribution is 2.26. The third-order valence-electron chi connectivity index (χ3n) is 4.40. The zero-order chi connectivity index (χ0) is 23.0. The Bertz CT molecular complexity index is 1040. The molecule has 6 nitrogen and oxygen atoms in total. The van der Waals surface area contributed by atoms with E-state index in [1.165, 1.54) is 16.2 Å². The molecule has 0 aliphatic rings. The number of hydrogen-bond acceptors (Lipinski definition) is 5. The number of nitrogens with two attached hydrogens (primary N) is 2. The molecule has 0 saturated carbocycles. The molecule has 0 aliphatic heterocycles. The second-order valence-corrected chi connectivity index (χ2v) is 8.04. The molecule has 0 aliphatic carbocycles. The summed E-state index contributed by atoms with van der Waals surface area (Å²) in [6, 6.07) is 10.6. The molecule has 0 unspecified atom stereocenters. The number of carbonyl (C=O) groups is 2. The predicted octanol–water partition coefficient (Wildman–Crippen LogP) is 3.56. The summed E-state index contributed by atoms with van der Waals surface area (Å²) < 4.78 is 26.5. The van der Waals surface area contributed by atoms with Gasteiger partial charge in [0.05, 0.1) is 12.8 Å². The summed E-state index contributed by atoms with van der Waals surface area (Å²) in [5, 5.41) is 20.3. The summed E-state index contributed by atoms with van der Waals surface area (Å²) >= 11 is 1.67. The molecule has 166 valence electrons. The molecule has 0 radical (unpaired) electrons. The third kappa shape index (κ3) is 8.05. The first-order chi connectivity index (χ1) is 14.7. The minimum absolute atomic E-state index is 0.0180. The summed E-state index contributed by atoms with van der Waals surface area (Å²) in [7, 11) is 0. The highest BCUT2D eigenvalue weighted by Gasteiger charge is 2.12. The van der Waals surface area contributed by atoms with E-state index < -0.39 is 29.6 Å². The van der Waals surface area contributed by atoms with E-state index in [0.29, 0.717) is 12.0 Å². The summed E-state index contributed by atoms with van der Waals surface area (Å²) in [5.74, 6) is -3.72. The van der Waals surface area contributed by atoms with Crippen LogP contribution in [0.25, 0.3) is 10.1 Å². The fourth-order valence-corrected chi connectivity index (χ4v) is 4.01. The molecular formula is C22H24F2N2O4S. The average molecular weight is 451 g/mol. The molecule has 3 rings (SSSR count).